The summed E-state index contributed by atoms with van der Waals surface area (Å²) in [5.41, 5.74) is 2.07. The fourth-order valence-electron chi connectivity index (χ4n) is 1.77. The zero-order valence-electron chi connectivity index (χ0n) is 11.3. The van der Waals surface area contributed by atoms with Gasteiger partial charge < -0.3 is 15.2 Å². The van der Waals surface area contributed by atoms with Crippen LogP contribution in [0.2, 0.25) is 0 Å². The van der Waals surface area contributed by atoms with Crippen molar-refractivity contribution in [3.63, 3.8) is 0 Å². The van der Waals surface area contributed by atoms with Gasteiger partial charge in [0.25, 0.3) is 5.91 Å². The Hall–Kier alpha value is -2.33. The molecule has 4 nitrogen and oxygen atoms in total. The van der Waals surface area contributed by atoms with E-state index >= 15 is 0 Å². The van der Waals surface area contributed by atoms with Gasteiger partial charge in [0.1, 0.15) is 5.75 Å². The summed E-state index contributed by atoms with van der Waals surface area (Å²) in [6.45, 7) is 2.51. The van der Waals surface area contributed by atoms with Gasteiger partial charge in [0, 0.05) is 11.3 Å². The molecule has 0 atom stereocenters. The summed E-state index contributed by atoms with van der Waals surface area (Å²) < 4.78 is 5.33. The van der Waals surface area contributed by atoms with E-state index in [1.54, 1.807) is 48.5 Å². The number of amides is 1. The number of ether oxygens (including phenoxy) is 1. The molecule has 2 aromatic carbocycles. The molecule has 0 saturated carbocycles. The molecule has 4 heteroatoms. The number of hydrogen-bond donors (Lipinski definition) is 2. The molecule has 0 fully saturated rings. The molecule has 1 amide bonds. The number of nitrogens with one attached hydrogen (secondary N) is 1. The maximum Gasteiger partial charge on any atom is 0.255 e. The van der Waals surface area contributed by atoms with E-state index in [1.165, 1.54) is 0 Å². The second-order valence-corrected chi connectivity index (χ2v) is 4.27. The van der Waals surface area contributed by atoms with E-state index in [0.717, 1.165) is 11.3 Å². The van der Waals surface area contributed by atoms with Gasteiger partial charge in [-0.1, -0.05) is 12.1 Å². The van der Waals surface area contributed by atoms with Gasteiger partial charge in [-0.05, 0) is 48.9 Å². The fourth-order valence-corrected chi connectivity index (χ4v) is 1.77. The largest absolute Gasteiger partial charge is 0.494 e. The lowest BCUT2D eigenvalue weighted by Gasteiger charge is -2.07. The molecule has 0 unspecified atom stereocenters. The molecule has 0 aromatic heterocycles. The molecule has 0 radical (unpaired) electrons. The molecule has 2 rings (SSSR count). The standard InChI is InChI=1S/C16H17NO3/c1-2-20-15-9-5-13(6-10-15)16(19)17-14-7-3-12(11-18)4-8-14/h3-10,18H,2,11H2,1H3,(H,17,19). The molecular formula is C16H17NO3. The molecular weight excluding hydrogens is 254 g/mol. The van der Waals surface area contributed by atoms with Crippen molar-refractivity contribution < 1.29 is 14.6 Å². The molecule has 0 aliphatic carbocycles. The topological polar surface area (TPSA) is 58.6 Å². The van der Waals surface area contributed by atoms with Crippen LogP contribution in [0.4, 0.5) is 5.69 Å². The number of carbonyl (C=O) groups excluding carboxylic acids is 1. The first-order chi connectivity index (χ1) is 9.72. The van der Waals surface area contributed by atoms with Crippen LogP contribution >= 0.6 is 0 Å². The first-order valence-electron chi connectivity index (χ1n) is 6.47. The van der Waals surface area contributed by atoms with Gasteiger partial charge in [-0.25, -0.2) is 0 Å². The highest BCUT2D eigenvalue weighted by Gasteiger charge is 2.06. The van der Waals surface area contributed by atoms with Crippen LogP contribution in [-0.4, -0.2) is 17.6 Å². The SMILES string of the molecule is CCOc1ccc(C(=O)Nc2ccc(CO)cc2)cc1. The summed E-state index contributed by atoms with van der Waals surface area (Å²) in [5, 5.41) is 11.8. The van der Waals surface area contributed by atoms with Crippen molar-refractivity contribution in [2.45, 2.75) is 13.5 Å². The van der Waals surface area contributed by atoms with E-state index in [2.05, 4.69) is 5.32 Å². The number of anilines is 1. The van der Waals surface area contributed by atoms with E-state index in [0.29, 0.717) is 17.9 Å². The number of hydrogen-bond acceptors (Lipinski definition) is 3. The third-order valence-corrected chi connectivity index (χ3v) is 2.82. The minimum atomic E-state index is -0.176. The first-order valence-corrected chi connectivity index (χ1v) is 6.47. The van der Waals surface area contributed by atoms with Gasteiger partial charge in [-0.3, -0.25) is 4.79 Å². The van der Waals surface area contributed by atoms with Crippen molar-refractivity contribution in [2.24, 2.45) is 0 Å². The Morgan fingerprint density at radius 1 is 1.10 bits per heavy atom. The molecule has 0 bridgehead atoms. The van der Waals surface area contributed by atoms with Crippen LogP contribution in [0.5, 0.6) is 5.75 Å². The van der Waals surface area contributed by atoms with E-state index in [-0.39, 0.29) is 12.5 Å². The minimum absolute atomic E-state index is 0.00683. The van der Waals surface area contributed by atoms with Crippen LogP contribution < -0.4 is 10.1 Å². The number of rotatable bonds is 5. The molecule has 0 aliphatic heterocycles. The Kier molecular flexibility index (Phi) is 4.74. The molecule has 0 heterocycles. The van der Waals surface area contributed by atoms with Crippen LogP contribution in [-0.2, 0) is 6.61 Å². The second kappa shape index (κ2) is 6.73. The van der Waals surface area contributed by atoms with E-state index in [1.807, 2.05) is 6.92 Å². The van der Waals surface area contributed by atoms with Crippen molar-refractivity contribution in [1.82, 2.24) is 0 Å². The maximum atomic E-state index is 12.0. The molecule has 0 aliphatic rings. The van der Waals surface area contributed by atoms with Crippen LogP contribution in [0.1, 0.15) is 22.8 Å². The Bertz CT molecular complexity index is 561. The monoisotopic (exact) mass is 271 g/mol. The lowest BCUT2D eigenvalue weighted by molar-refractivity contribution is 0.102. The van der Waals surface area contributed by atoms with Crippen LogP contribution in [0.25, 0.3) is 0 Å². The number of aliphatic hydroxyl groups is 1. The van der Waals surface area contributed by atoms with E-state index in [9.17, 15) is 4.79 Å². The molecule has 20 heavy (non-hydrogen) atoms. The molecule has 2 aromatic rings. The summed E-state index contributed by atoms with van der Waals surface area (Å²) >= 11 is 0. The Morgan fingerprint density at radius 3 is 2.30 bits per heavy atom. The average Bonchev–Trinajstić information content (AvgIpc) is 2.49. The zero-order chi connectivity index (χ0) is 14.4. The number of carbonyl (C=O) groups is 1. The summed E-state index contributed by atoms with van der Waals surface area (Å²) in [6.07, 6.45) is 0. The summed E-state index contributed by atoms with van der Waals surface area (Å²) in [5.74, 6) is 0.571. The zero-order valence-corrected chi connectivity index (χ0v) is 11.3. The van der Waals surface area contributed by atoms with Crippen LogP contribution in [0.3, 0.4) is 0 Å². The molecule has 0 saturated heterocycles. The van der Waals surface area contributed by atoms with Gasteiger partial charge >= 0.3 is 0 Å². The second-order valence-electron chi connectivity index (χ2n) is 4.27. The number of benzene rings is 2. The molecule has 104 valence electrons. The first kappa shape index (κ1) is 14.1. The van der Waals surface area contributed by atoms with E-state index < -0.39 is 0 Å². The van der Waals surface area contributed by atoms with Gasteiger partial charge in [0.05, 0.1) is 13.2 Å². The highest BCUT2D eigenvalue weighted by Crippen LogP contribution is 2.15. The Morgan fingerprint density at radius 2 is 1.75 bits per heavy atom. The van der Waals surface area contributed by atoms with Crippen molar-refractivity contribution >= 4 is 11.6 Å². The van der Waals surface area contributed by atoms with Crippen molar-refractivity contribution in [3.05, 3.63) is 59.7 Å². The van der Waals surface area contributed by atoms with Gasteiger partial charge in [-0.2, -0.15) is 0 Å². The Labute approximate surface area is 118 Å². The summed E-state index contributed by atoms with van der Waals surface area (Å²) in [4.78, 5) is 12.0. The fraction of sp³-hybridized carbons (Fsp3) is 0.188. The predicted octanol–water partition coefficient (Wildman–Crippen LogP) is 2.83. The molecule has 2 N–H and O–H groups in total. The van der Waals surface area contributed by atoms with Crippen LogP contribution in [0.15, 0.2) is 48.5 Å². The quantitative estimate of drug-likeness (QED) is 0.879. The van der Waals surface area contributed by atoms with Crippen LogP contribution in [0, 0.1) is 0 Å². The summed E-state index contributed by atoms with van der Waals surface area (Å²) in [7, 11) is 0. The highest BCUT2D eigenvalue weighted by molar-refractivity contribution is 6.04. The smallest absolute Gasteiger partial charge is 0.255 e. The van der Waals surface area contributed by atoms with Crippen molar-refractivity contribution in [1.29, 1.82) is 0 Å². The lowest BCUT2D eigenvalue weighted by Crippen LogP contribution is -2.11. The average molecular weight is 271 g/mol. The lowest BCUT2D eigenvalue weighted by atomic mass is 10.2. The summed E-state index contributed by atoms with van der Waals surface area (Å²) in [6, 6.07) is 14.1. The highest BCUT2D eigenvalue weighted by atomic mass is 16.5. The van der Waals surface area contributed by atoms with Gasteiger partial charge in [0.15, 0.2) is 0 Å². The normalized spacial score (nSPS) is 10.1. The third kappa shape index (κ3) is 3.59. The van der Waals surface area contributed by atoms with Gasteiger partial charge in [-0.15, -0.1) is 0 Å². The predicted molar refractivity (Wildman–Crippen MR) is 77.9 cm³/mol. The minimum Gasteiger partial charge on any atom is -0.494 e. The maximum absolute atomic E-state index is 12.0. The van der Waals surface area contributed by atoms with E-state index in [4.69, 9.17) is 9.84 Å². The number of aliphatic hydroxyl groups excluding tert-OH is 1. The van der Waals surface area contributed by atoms with Gasteiger partial charge in [0.2, 0.25) is 0 Å². The Balaban J connectivity index is 2.03. The van der Waals surface area contributed by atoms with Crippen molar-refractivity contribution in [2.75, 3.05) is 11.9 Å². The third-order valence-electron chi connectivity index (χ3n) is 2.82. The molecule has 0 spiro atoms. The van der Waals surface area contributed by atoms with Crippen molar-refractivity contribution in [3.8, 4) is 5.75 Å².